The Bertz CT molecular complexity index is 264. The van der Waals surface area contributed by atoms with Gasteiger partial charge in [-0.05, 0) is 26.8 Å². The van der Waals surface area contributed by atoms with Crippen LogP contribution in [0.25, 0.3) is 0 Å². The van der Waals surface area contributed by atoms with E-state index in [0.29, 0.717) is 13.0 Å². The fourth-order valence-electron chi connectivity index (χ4n) is 1.39. The largest absolute Gasteiger partial charge is 0.481 e. The highest BCUT2D eigenvalue weighted by Gasteiger charge is 2.23. The summed E-state index contributed by atoms with van der Waals surface area (Å²) in [6.07, 6.45) is 0.497. The van der Waals surface area contributed by atoms with Gasteiger partial charge >= 0.3 is 5.97 Å². The zero-order valence-electron chi connectivity index (χ0n) is 11.2. The van der Waals surface area contributed by atoms with Crippen LogP contribution in [0.15, 0.2) is 0 Å². The Hall–Kier alpha value is -1.10. The number of hydrogen-bond donors (Lipinski definition) is 3. The molecule has 1 amide bonds. The van der Waals surface area contributed by atoms with Gasteiger partial charge in [-0.25, -0.2) is 0 Å². The first kappa shape index (κ1) is 15.9. The van der Waals surface area contributed by atoms with Crippen LogP contribution >= 0.6 is 0 Å². The van der Waals surface area contributed by atoms with Gasteiger partial charge in [0.15, 0.2) is 0 Å². The minimum atomic E-state index is -0.840. The highest BCUT2D eigenvalue weighted by atomic mass is 16.4. The molecule has 0 spiro atoms. The second kappa shape index (κ2) is 7.27. The SMILES string of the molecule is CCNCC(C)C(=O)NC(C)(C)CCC(=O)O. The molecule has 5 heteroatoms. The predicted octanol–water partition coefficient (Wildman–Crippen LogP) is 0.992. The second-order valence-corrected chi connectivity index (χ2v) is 4.98. The van der Waals surface area contributed by atoms with Crippen molar-refractivity contribution >= 4 is 11.9 Å². The monoisotopic (exact) mass is 244 g/mol. The van der Waals surface area contributed by atoms with Gasteiger partial charge in [0.25, 0.3) is 0 Å². The van der Waals surface area contributed by atoms with Crippen LogP contribution in [0.4, 0.5) is 0 Å². The maximum atomic E-state index is 11.8. The van der Waals surface area contributed by atoms with Crippen LogP contribution < -0.4 is 10.6 Å². The summed E-state index contributed by atoms with van der Waals surface area (Å²) in [5.41, 5.74) is -0.476. The summed E-state index contributed by atoms with van der Waals surface area (Å²) in [6, 6.07) is 0. The highest BCUT2D eigenvalue weighted by Crippen LogP contribution is 2.12. The molecular weight excluding hydrogens is 220 g/mol. The van der Waals surface area contributed by atoms with Gasteiger partial charge in [-0.3, -0.25) is 9.59 Å². The molecule has 0 aliphatic heterocycles. The lowest BCUT2D eigenvalue weighted by Crippen LogP contribution is -2.47. The topological polar surface area (TPSA) is 78.4 Å². The molecule has 0 heterocycles. The summed E-state index contributed by atoms with van der Waals surface area (Å²) in [5.74, 6) is -0.992. The minimum absolute atomic E-state index is 0.0404. The first-order chi connectivity index (χ1) is 7.78. The van der Waals surface area contributed by atoms with Gasteiger partial charge in [0.2, 0.25) is 5.91 Å². The Morgan fingerprint density at radius 2 is 1.94 bits per heavy atom. The standard InChI is InChI=1S/C12H24N2O3/c1-5-13-8-9(2)11(17)14-12(3,4)7-6-10(15)16/h9,13H,5-8H2,1-4H3,(H,14,17)(H,15,16). The molecule has 0 aliphatic rings. The van der Waals surface area contributed by atoms with Crippen LogP contribution in [-0.4, -0.2) is 35.6 Å². The van der Waals surface area contributed by atoms with Crippen LogP contribution in [0.3, 0.4) is 0 Å². The van der Waals surface area contributed by atoms with E-state index >= 15 is 0 Å². The normalized spacial score (nSPS) is 13.2. The van der Waals surface area contributed by atoms with E-state index in [1.165, 1.54) is 0 Å². The van der Waals surface area contributed by atoms with Crippen molar-refractivity contribution in [1.29, 1.82) is 0 Å². The van der Waals surface area contributed by atoms with Gasteiger partial charge in [0.05, 0.1) is 0 Å². The summed E-state index contributed by atoms with van der Waals surface area (Å²) < 4.78 is 0. The second-order valence-electron chi connectivity index (χ2n) is 4.98. The Labute approximate surface area is 103 Å². The van der Waals surface area contributed by atoms with Crippen molar-refractivity contribution in [3.63, 3.8) is 0 Å². The zero-order chi connectivity index (χ0) is 13.5. The molecule has 0 saturated heterocycles. The zero-order valence-corrected chi connectivity index (χ0v) is 11.2. The highest BCUT2D eigenvalue weighted by molar-refractivity contribution is 5.79. The molecule has 1 atom stereocenters. The number of carboxylic acids is 1. The summed E-state index contributed by atoms with van der Waals surface area (Å²) in [5, 5.41) is 14.6. The fraction of sp³-hybridized carbons (Fsp3) is 0.833. The lowest BCUT2D eigenvalue weighted by atomic mass is 9.97. The van der Waals surface area contributed by atoms with Gasteiger partial charge in [0.1, 0.15) is 0 Å². The molecule has 0 aromatic carbocycles. The van der Waals surface area contributed by atoms with Gasteiger partial charge in [0, 0.05) is 24.4 Å². The molecule has 0 fully saturated rings. The number of rotatable bonds is 8. The Morgan fingerprint density at radius 1 is 1.35 bits per heavy atom. The molecule has 3 N–H and O–H groups in total. The first-order valence-electron chi connectivity index (χ1n) is 6.03. The predicted molar refractivity (Wildman–Crippen MR) is 66.8 cm³/mol. The van der Waals surface area contributed by atoms with Crippen molar-refractivity contribution in [2.45, 2.75) is 46.1 Å². The third kappa shape index (κ3) is 7.74. The lowest BCUT2D eigenvalue weighted by molar-refractivity contribution is -0.138. The van der Waals surface area contributed by atoms with Crippen LogP contribution in [0.5, 0.6) is 0 Å². The van der Waals surface area contributed by atoms with Crippen molar-refractivity contribution in [3.8, 4) is 0 Å². The molecule has 17 heavy (non-hydrogen) atoms. The Morgan fingerprint density at radius 3 is 2.41 bits per heavy atom. The molecule has 0 rings (SSSR count). The van der Waals surface area contributed by atoms with Crippen LogP contribution in [0.2, 0.25) is 0 Å². The van der Waals surface area contributed by atoms with Crippen LogP contribution in [-0.2, 0) is 9.59 Å². The lowest BCUT2D eigenvalue weighted by Gasteiger charge is -2.27. The van der Waals surface area contributed by atoms with E-state index in [2.05, 4.69) is 10.6 Å². The molecule has 1 unspecified atom stereocenters. The van der Waals surface area contributed by atoms with Crippen molar-refractivity contribution in [2.24, 2.45) is 5.92 Å². The van der Waals surface area contributed by atoms with E-state index in [1.807, 2.05) is 27.7 Å². The minimum Gasteiger partial charge on any atom is -0.481 e. The number of amides is 1. The van der Waals surface area contributed by atoms with Crippen molar-refractivity contribution in [3.05, 3.63) is 0 Å². The van der Waals surface area contributed by atoms with E-state index in [-0.39, 0.29) is 18.2 Å². The first-order valence-corrected chi connectivity index (χ1v) is 6.03. The summed E-state index contributed by atoms with van der Waals surface area (Å²) in [6.45, 7) is 8.99. The summed E-state index contributed by atoms with van der Waals surface area (Å²) in [7, 11) is 0. The maximum absolute atomic E-state index is 11.8. The number of nitrogens with one attached hydrogen (secondary N) is 2. The molecule has 0 saturated carbocycles. The van der Waals surface area contributed by atoms with E-state index in [9.17, 15) is 9.59 Å². The van der Waals surface area contributed by atoms with Crippen LogP contribution in [0.1, 0.15) is 40.5 Å². The average Bonchev–Trinajstić information content (AvgIpc) is 2.22. The Kier molecular flexibility index (Phi) is 6.80. The van der Waals surface area contributed by atoms with E-state index < -0.39 is 11.5 Å². The molecule has 5 nitrogen and oxygen atoms in total. The summed E-state index contributed by atoms with van der Waals surface area (Å²) >= 11 is 0. The van der Waals surface area contributed by atoms with E-state index in [1.54, 1.807) is 0 Å². The maximum Gasteiger partial charge on any atom is 0.303 e. The third-order valence-electron chi connectivity index (χ3n) is 2.57. The van der Waals surface area contributed by atoms with E-state index in [0.717, 1.165) is 6.54 Å². The van der Waals surface area contributed by atoms with Crippen LogP contribution in [0, 0.1) is 5.92 Å². The third-order valence-corrected chi connectivity index (χ3v) is 2.57. The Balaban J connectivity index is 4.11. The van der Waals surface area contributed by atoms with Crippen molar-refractivity contribution in [2.75, 3.05) is 13.1 Å². The molecule has 0 bridgehead atoms. The number of aliphatic carboxylic acids is 1. The number of carbonyl (C=O) groups is 2. The van der Waals surface area contributed by atoms with Gasteiger partial charge in [-0.15, -0.1) is 0 Å². The molecule has 100 valence electrons. The van der Waals surface area contributed by atoms with Gasteiger partial charge in [-0.1, -0.05) is 13.8 Å². The van der Waals surface area contributed by atoms with Crippen molar-refractivity contribution < 1.29 is 14.7 Å². The van der Waals surface area contributed by atoms with E-state index in [4.69, 9.17) is 5.11 Å². The molecule has 0 aromatic heterocycles. The van der Waals surface area contributed by atoms with Crippen molar-refractivity contribution in [1.82, 2.24) is 10.6 Å². The average molecular weight is 244 g/mol. The molecular formula is C12H24N2O3. The quantitative estimate of drug-likeness (QED) is 0.595. The molecule has 0 aromatic rings. The smallest absolute Gasteiger partial charge is 0.303 e. The van der Waals surface area contributed by atoms with Gasteiger partial charge < -0.3 is 15.7 Å². The molecule has 0 aliphatic carbocycles. The number of carbonyl (C=O) groups excluding carboxylic acids is 1. The number of carboxylic acid groups (broad SMARTS) is 1. The fourth-order valence-corrected chi connectivity index (χ4v) is 1.39. The molecule has 0 radical (unpaired) electrons. The van der Waals surface area contributed by atoms with Gasteiger partial charge in [-0.2, -0.15) is 0 Å². The summed E-state index contributed by atoms with van der Waals surface area (Å²) in [4.78, 5) is 22.3. The number of hydrogen-bond acceptors (Lipinski definition) is 3.